The van der Waals surface area contributed by atoms with Gasteiger partial charge in [-0.05, 0) is 24.8 Å². The molecule has 3 N–H and O–H groups in total. The molecule has 0 aliphatic heterocycles. The lowest BCUT2D eigenvalue weighted by atomic mass is 9.76. The van der Waals surface area contributed by atoms with Gasteiger partial charge in [0.1, 0.15) is 12.1 Å². The smallest absolute Gasteiger partial charge is 0.323 e. The fourth-order valence-electron chi connectivity index (χ4n) is 2.55. The summed E-state index contributed by atoms with van der Waals surface area (Å²) in [6.45, 7) is 0.209. The second-order valence-corrected chi connectivity index (χ2v) is 5.35. The van der Waals surface area contributed by atoms with E-state index in [9.17, 15) is 9.59 Å². The second-order valence-electron chi connectivity index (χ2n) is 5.35. The zero-order valence-electron chi connectivity index (χ0n) is 11.2. The number of ether oxygens (including phenoxy) is 1. The summed E-state index contributed by atoms with van der Waals surface area (Å²) < 4.78 is 5.25. The van der Waals surface area contributed by atoms with Crippen LogP contribution in [0.4, 0.5) is 0 Å². The van der Waals surface area contributed by atoms with E-state index in [1.54, 1.807) is 0 Å². The average molecular weight is 277 g/mol. The van der Waals surface area contributed by atoms with Crippen LogP contribution in [0.25, 0.3) is 0 Å². The van der Waals surface area contributed by atoms with Crippen molar-refractivity contribution in [2.75, 3.05) is 0 Å². The number of hydrogen-bond acceptors (Lipinski definition) is 4. The maximum Gasteiger partial charge on any atom is 0.323 e. The highest BCUT2D eigenvalue weighted by Gasteiger charge is 2.42. The molecule has 0 amide bonds. The van der Waals surface area contributed by atoms with Crippen molar-refractivity contribution >= 4 is 11.9 Å². The summed E-state index contributed by atoms with van der Waals surface area (Å²) >= 11 is 0. The first-order valence-electron chi connectivity index (χ1n) is 6.74. The van der Waals surface area contributed by atoms with E-state index >= 15 is 0 Å². The molecular weight excluding hydrogens is 258 g/mol. The van der Waals surface area contributed by atoms with E-state index in [-0.39, 0.29) is 19.0 Å². The van der Waals surface area contributed by atoms with E-state index in [0.29, 0.717) is 19.3 Å². The van der Waals surface area contributed by atoms with Crippen molar-refractivity contribution < 1.29 is 19.4 Å². The quantitative estimate of drug-likeness (QED) is 0.818. The van der Waals surface area contributed by atoms with Gasteiger partial charge in [0, 0.05) is 0 Å². The molecule has 0 saturated heterocycles. The molecule has 5 nitrogen and oxygen atoms in total. The molecule has 2 rings (SSSR count). The summed E-state index contributed by atoms with van der Waals surface area (Å²) in [5.74, 6) is -1.82. The molecule has 1 fully saturated rings. The minimum absolute atomic E-state index is 0.149. The third-order valence-corrected chi connectivity index (χ3v) is 3.77. The van der Waals surface area contributed by atoms with Gasteiger partial charge in [-0.2, -0.15) is 0 Å². The Labute approximate surface area is 117 Å². The molecule has 20 heavy (non-hydrogen) atoms. The summed E-state index contributed by atoms with van der Waals surface area (Å²) in [5.41, 5.74) is 5.44. The number of aliphatic carboxylic acids is 1. The van der Waals surface area contributed by atoms with Crippen molar-refractivity contribution in [3.05, 3.63) is 35.9 Å². The molecule has 0 heterocycles. The number of nitrogens with two attached hydrogens (primary N) is 1. The molecule has 0 radical (unpaired) electrons. The van der Waals surface area contributed by atoms with Crippen LogP contribution < -0.4 is 5.73 Å². The largest absolute Gasteiger partial charge is 0.480 e. The first-order chi connectivity index (χ1) is 9.51. The number of carboxylic acid groups (broad SMARTS) is 1. The number of esters is 1. The van der Waals surface area contributed by atoms with Gasteiger partial charge in [0.15, 0.2) is 0 Å². The first kappa shape index (κ1) is 14.5. The van der Waals surface area contributed by atoms with Gasteiger partial charge < -0.3 is 15.6 Å². The molecule has 0 bridgehead atoms. The van der Waals surface area contributed by atoms with Gasteiger partial charge in [-0.15, -0.1) is 0 Å². The van der Waals surface area contributed by atoms with E-state index in [4.69, 9.17) is 15.6 Å². The summed E-state index contributed by atoms with van der Waals surface area (Å²) in [5, 5.41) is 9.13. The number of hydrogen-bond donors (Lipinski definition) is 2. The van der Waals surface area contributed by atoms with Crippen LogP contribution in [0.15, 0.2) is 30.3 Å². The van der Waals surface area contributed by atoms with Crippen LogP contribution in [-0.4, -0.2) is 22.6 Å². The standard InChI is InChI=1S/C15H19NO4/c16-15(14(18)19)8-4-7-12(9-15)13(17)20-10-11-5-2-1-3-6-11/h1-3,5-6,12H,4,7-10,16H2,(H,18,19)/t12-,15+/m1/s1. The molecule has 1 aliphatic rings. The first-order valence-corrected chi connectivity index (χ1v) is 6.74. The molecule has 0 unspecified atom stereocenters. The Bertz CT molecular complexity index is 488. The minimum atomic E-state index is -1.30. The highest BCUT2D eigenvalue weighted by atomic mass is 16.5. The summed E-state index contributed by atoms with van der Waals surface area (Å²) in [6.07, 6.45) is 1.83. The Morgan fingerprint density at radius 1 is 1.35 bits per heavy atom. The summed E-state index contributed by atoms with van der Waals surface area (Å²) in [4.78, 5) is 23.2. The van der Waals surface area contributed by atoms with E-state index < -0.39 is 17.4 Å². The van der Waals surface area contributed by atoms with Crippen LogP contribution >= 0.6 is 0 Å². The lowest BCUT2D eigenvalue weighted by Crippen LogP contribution is -2.52. The van der Waals surface area contributed by atoms with Crippen LogP contribution in [0.3, 0.4) is 0 Å². The van der Waals surface area contributed by atoms with Gasteiger partial charge in [-0.25, -0.2) is 0 Å². The van der Waals surface area contributed by atoms with E-state index in [1.807, 2.05) is 30.3 Å². The zero-order valence-corrected chi connectivity index (χ0v) is 11.2. The Kier molecular flexibility index (Phi) is 4.39. The van der Waals surface area contributed by atoms with Crippen molar-refractivity contribution in [1.29, 1.82) is 0 Å². The van der Waals surface area contributed by atoms with Gasteiger partial charge >= 0.3 is 11.9 Å². The topological polar surface area (TPSA) is 89.6 Å². The van der Waals surface area contributed by atoms with Crippen molar-refractivity contribution in [2.45, 2.75) is 37.8 Å². The highest BCUT2D eigenvalue weighted by molar-refractivity contribution is 5.81. The number of rotatable bonds is 4. The number of benzene rings is 1. The van der Waals surface area contributed by atoms with Crippen LogP contribution in [0.1, 0.15) is 31.2 Å². The third-order valence-electron chi connectivity index (χ3n) is 3.77. The molecule has 1 aliphatic carbocycles. The molecular formula is C15H19NO4. The number of carboxylic acids is 1. The van der Waals surface area contributed by atoms with E-state index in [0.717, 1.165) is 5.56 Å². The Hall–Kier alpha value is -1.88. The Morgan fingerprint density at radius 2 is 2.05 bits per heavy atom. The Balaban J connectivity index is 1.91. The fourth-order valence-corrected chi connectivity index (χ4v) is 2.55. The van der Waals surface area contributed by atoms with Crippen molar-refractivity contribution in [3.8, 4) is 0 Å². The van der Waals surface area contributed by atoms with Gasteiger partial charge in [-0.1, -0.05) is 36.8 Å². The predicted octanol–water partition coefficient (Wildman–Crippen LogP) is 1.70. The average Bonchev–Trinajstić information content (AvgIpc) is 2.46. The number of carbonyl (C=O) groups is 2. The van der Waals surface area contributed by atoms with Crippen molar-refractivity contribution in [3.63, 3.8) is 0 Å². The SMILES string of the molecule is N[C@@]1(C(=O)O)CCC[C@@H](C(=O)OCc2ccccc2)C1. The van der Waals surface area contributed by atoms with Crippen molar-refractivity contribution in [2.24, 2.45) is 11.7 Å². The molecule has 1 aromatic rings. The molecule has 0 aromatic heterocycles. The van der Waals surface area contributed by atoms with Crippen LogP contribution in [0.2, 0.25) is 0 Å². The zero-order chi connectivity index (χ0) is 14.6. The van der Waals surface area contributed by atoms with Gasteiger partial charge in [0.05, 0.1) is 5.92 Å². The lowest BCUT2D eigenvalue weighted by molar-refractivity contribution is -0.154. The molecule has 2 atom stereocenters. The van der Waals surface area contributed by atoms with Gasteiger partial charge in [0.25, 0.3) is 0 Å². The molecule has 1 aromatic carbocycles. The monoisotopic (exact) mass is 277 g/mol. The van der Waals surface area contributed by atoms with Gasteiger partial charge in [0.2, 0.25) is 0 Å². The number of carbonyl (C=O) groups excluding carboxylic acids is 1. The second kappa shape index (κ2) is 6.05. The Morgan fingerprint density at radius 3 is 2.70 bits per heavy atom. The maximum atomic E-state index is 12.0. The van der Waals surface area contributed by atoms with Crippen LogP contribution in [-0.2, 0) is 20.9 Å². The lowest BCUT2D eigenvalue weighted by Gasteiger charge is -2.33. The predicted molar refractivity (Wildman–Crippen MR) is 72.8 cm³/mol. The van der Waals surface area contributed by atoms with Crippen molar-refractivity contribution in [1.82, 2.24) is 0 Å². The summed E-state index contributed by atoms with van der Waals surface area (Å²) in [7, 11) is 0. The van der Waals surface area contributed by atoms with Crippen LogP contribution in [0, 0.1) is 5.92 Å². The molecule has 0 spiro atoms. The van der Waals surface area contributed by atoms with Gasteiger partial charge in [-0.3, -0.25) is 9.59 Å². The maximum absolute atomic E-state index is 12.0. The van der Waals surface area contributed by atoms with E-state index in [1.165, 1.54) is 0 Å². The fraction of sp³-hybridized carbons (Fsp3) is 0.467. The molecule has 1 saturated carbocycles. The highest BCUT2D eigenvalue weighted by Crippen LogP contribution is 2.31. The minimum Gasteiger partial charge on any atom is -0.480 e. The molecule has 5 heteroatoms. The third kappa shape index (κ3) is 3.36. The normalized spacial score (nSPS) is 25.9. The van der Waals surface area contributed by atoms with E-state index in [2.05, 4.69) is 0 Å². The summed E-state index contributed by atoms with van der Waals surface area (Å²) in [6, 6.07) is 9.39. The van der Waals surface area contributed by atoms with Crippen LogP contribution in [0.5, 0.6) is 0 Å². The molecule has 108 valence electrons.